The molecule has 5 heteroatoms. The van der Waals surface area contributed by atoms with Crippen molar-refractivity contribution in [2.75, 3.05) is 7.05 Å². The standard InChI is InChI=1S/C11H16ClN3O/c1-8(11(13)14-16)15(2)7-9-5-3-4-6-10(9)12/h3-6,8,16H,7H2,1-2H3,(H2,13,14). The molecule has 0 aliphatic heterocycles. The minimum Gasteiger partial charge on any atom is -0.409 e. The average Bonchev–Trinajstić information content (AvgIpc) is 2.30. The summed E-state index contributed by atoms with van der Waals surface area (Å²) in [6.07, 6.45) is 0. The second-order valence-corrected chi connectivity index (χ2v) is 4.11. The summed E-state index contributed by atoms with van der Waals surface area (Å²) in [6.45, 7) is 2.52. The van der Waals surface area contributed by atoms with Crippen LogP contribution < -0.4 is 5.73 Å². The average molecular weight is 242 g/mol. The largest absolute Gasteiger partial charge is 0.409 e. The van der Waals surface area contributed by atoms with Crippen molar-refractivity contribution in [3.63, 3.8) is 0 Å². The molecule has 0 spiro atoms. The summed E-state index contributed by atoms with van der Waals surface area (Å²) in [6, 6.07) is 7.49. The third-order valence-electron chi connectivity index (χ3n) is 2.58. The van der Waals surface area contributed by atoms with Crippen LogP contribution in [0.15, 0.2) is 29.4 Å². The highest BCUT2D eigenvalue weighted by Crippen LogP contribution is 2.17. The summed E-state index contributed by atoms with van der Waals surface area (Å²) < 4.78 is 0. The van der Waals surface area contributed by atoms with E-state index in [4.69, 9.17) is 22.5 Å². The van der Waals surface area contributed by atoms with E-state index in [1.54, 1.807) is 0 Å². The summed E-state index contributed by atoms with van der Waals surface area (Å²) >= 11 is 6.05. The number of oxime groups is 1. The van der Waals surface area contributed by atoms with Gasteiger partial charge >= 0.3 is 0 Å². The van der Waals surface area contributed by atoms with Crippen molar-refractivity contribution in [1.29, 1.82) is 0 Å². The van der Waals surface area contributed by atoms with Crippen LogP contribution in [0.5, 0.6) is 0 Å². The third-order valence-corrected chi connectivity index (χ3v) is 2.95. The number of hydrogen-bond donors (Lipinski definition) is 2. The van der Waals surface area contributed by atoms with Gasteiger partial charge in [0.25, 0.3) is 0 Å². The Morgan fingerprint density at radius 3 is 2.75 bits per heavy atom. The maximum Gasteiger partial charge on any atom is 0.156 e. The molecule has 0 saturated heterocycles. The lowest BCUT2D eigenvalue weighted by molar-refractivity contribution is 0.279. The third kappa shape index (κ3) is 3.12. The zero-order chi connectivity index (χ0) is 12.1. The quantitative estimate of drug-likeness (QED) is 0.366. The number of amidine groups is 1. The van der Waals surface area contributed by atoms with Gasteiger partial charge in [0.1, 0.15) is 0 Å². The molecule has 1 rings (SSSR count). The van der Waals surface area contributed by atoms with Crippen LogP contribution in [0.3, 0.4) is 0 Å². The molecule has 0 aliphatic rings. The molecule has 0 fully saturated rings. The molecule has 0 saturated carbocycles. The van der Waals surface area contributed by atoms with Gasteiger partial charge in [0, 0.05) is 11.6 Å². The van der Waals surface area contributed by atoms with Gasteiger partial charge in [0.05, 0.1) is 6.04 Å². The summed E-state index contributed by atoms with van der Waals surface area (Å²) in [4.78, 5) is 1.95. The van der Waals surface area contributed by atoms with E-state index in [9.17, 15) is 0 Å². The Morgan fingerprint density at radius 2 is 2.19 bits per heavy atom. The molecule has 4 nitrogen and oxygen atoms in total. The normalized spacial score (nSPS) is 14.1. The van der Waals surface area contributed by atoms with Crippen LogP contribution in [-0.2, 0) is 6.54 Å². The molecular formula is C11H16ClN3O. The molecule has 0 bridgehead atoms. The number of likely N-dealkylation sites (N-methyl/N-ethyl adjacent to an activating group) is 1. The van der Waals surface area contributed by atoms with Crippen LogP contribution >= 0.6 is 11.6 Å². The van der Waals surface area contributed by atoms with Crippen molar-refractivity contribution in [3.8, 4) is 0 Å². The van der Waals surface area contributed by atoms with E-state index in [-0.39, 0.29) is 11.9 Å². The lowest BCUT2D eigenvalue weighted by atomic mass is 10.2. The fourth-order valence-corrected chi connectivity index (χ4v) is 1.54. The Kier molecular flexibility index (Phi) is 4.58. The monoisotopic (exact) mass is 241 g/mol. The molecule has 0 amide bonds. The number of nitrogens with two attached hydrogens (primary N) is 1. The molecule has 88 valence electrons. The number of halogens is 1. The van der Waals surface area contributed by atoms with Gasteiger partial charge in [-0.15, -0.1) is 0 Å². The smallest absolute Gasteiger partial charge is 0.156 e. The number of benzene rings is 1. The van der Waals surface area contributed by atoms with E-state index >= 15 is 0 Å². The highest BCUT2D eigenvalue weighted by Gasteiger charge is 2.14. The Bertz CT molecular complexity index is 381. The molecule has 1 atom stereocenters. The summed E-state index contributed by atoms with van der Waals surface area (Å²) in [5, 5.41) is 12.3. The number of hydrogen-bond acceptors (Lipinski definition) is 3. The van der Waals surface area contributed by atoms with Gasteiger partial charge in [-0.3, -0.25) is 4.90 Å². The second-order valence-electron chi connectivity index (χ2n) is 3.71. The lowest BCUT2D eigenvalue weighted by Gasteiger charge is -2.23. The molecule has 1 aromatic carbocycles. The van der Waals surface area contributed by atoms with E-state index in [0.29, 0.717) is 6.54 Å². The maximum atomic E-state index is 8.58. The molecule has 1 unspecified atom stereocenters. The molecule has 0 heterocycles. The predicted octanol–water partition coefficient (Wildman–Crippen LogP) is 1.91. The first-order chi connectivity index (χ1) is 7.56. The van der Waals surface area contributed by atoms with E-state index in [2.05, 4.69) is 5.16 Å². The Morgan fingerprint density at radius 1 is 1.56 bits per heavy atom. The van der Waals surface area contributed by atoms with Crippen LogP contribution in [0.1, 0.15) is 12.5 Å². The van der Waals surface area contributed by atoms with Gasteiger partial charge in [0.2, 0.25) is 0 Å². The highest BCUT2D eigenvalue weighted by molar-refractivity contribution is 6.31. The zero-order valence-electron chi connectivity index (χ0n) is 9.39. The Hall–Kier alpha value is -1.26. The molecule has 3 N–H and O–H groups in total. The SMILES string of the molecule is CC(C(N)=NO)N(C)Cc1ccccc1Cl. The number of nitrogens with zero attached hydrogens (tertiary/aromatic N) is 2. The van der Waals surface area contributed by atoms with Gasteiger partial charge in [-0.05, 0) is 25.6 Å². The minimum absolute atomic E-state index is 0.138. The van der Waals surface area contributed by atoms with Crippen molar-refractivity contribution < 1.29 is 5.21 Å². The van der Waals surface area contributed by atoms with Crippen molar-refractivity contribution in [2.45, 2.75) is 19.5 Å². The zero-order valence-corrected chi connectivity index (χ0v) is 10.1. The van der Waals surface area contributed by atoms with Crippen LogP contribution in [-0.4, -0.2) is 29.0 Å². The second kappa shape index (κ2) is 5.72. The first-order valence-corrected chi connectivity index (χ1v) is 5.35. The van der Waals surface area contributed by atoms with Crippen molar-refractivity contribution in [2.24, 2.45) is 10.9 Å². The molecule has 0 radical (unpaired) electrons. The van der Waals surface area contributed by atoms with Crippen LogP contribution in [0.25, 0.3) is 0 Å². The topological polar surface area (TPSA) is 61.9 Å². The Labute approximate surface area is 100 Å². The maximum absolute atomic E-state index is 8.58. The van der Waals surface area contributed by atoms with Gasteiger partial charge in [-0.1, -0.05) is 35.0 Å². The van der Waals surface area contributed by atoms with Crippen LogP contribution in [0.4, 0.5) is 0 Å². The van der Waals surface area contributed by atoms with E-state index < -0.39 is 0 Å². The lowest BCUT2D eigenvalue weighted by Crippen LogP contribution is -2.40. The number of rotatable bonds is 4. The molecule has 1 aromatic rings. The van der Waals surface area contributed by atoms with Crippen molar-refractivity contribution >= 4 is 17.4 Å². The van der Waals surface area contributed by atoms with E-state index in [1.165, 1.54) is 0 Å². The van der Waals surface area contributed by atoms with E-state index in [0.717, 1.165) is 10.6 Å². The molecule has 16 heavy (non-hydrogen) atoms. The van der Waals surface area contributed by atoms with Gasteiger partial charge in [0.15, 0.2) is 5.84 Å². The first-order valence-electron chi connectivity index (χ1n) is 4.97. The fraction of sp³-hybridized carbons (Fsp3) is 0.364. The minimum atomic E-state index is -0.138. The predicted molar refractivity (Wildman–Crippen MR) is 65.8 cm³/mol. The molecule has 0 aliphatic carbocycles. The fourth-order valence-electron chi connectivity index (χ4n) is 1.34. The van der Waals surface area contributed by atoms with Crippen LogP contribution in [0, 0.1) is 0 Å². The first kappa shape index (κ1) is 12.8. The van der Waals surface area contributed by atoms with Gasteiger partial charge in [-0.25, -0.2) is 0 Å². The summed E-state index contributed by atoms with van der Waals surface area (Å²) in [7, 11) is 1.89. The molecular weight excluding hydrogens is 226 g/mol. The van der Waals surface area contributed by atoms with Crippen molar-refractivity contribution in [3.05, 3.63) is 34.9 Å². The van der Waals surface area contributed by atoms with Gasteiger partial charge in [-0.2, -0.15) is 0 Å². The summed E-state index contributed by atoms with van der Waals surface area (Å²) in [5.41, 5.74) is 6.55. The van der Waals surface area contributed by atoms with Crippen molar-refractivity contribution in [1.82, 2.24) is 4.90 Å². The van der Waals surface area contributed by atoms with Gasteiger partial charge < -0.3 is 10.9 Å². The van der Waals surface area contributed by atoms with E-state index in [1.807, 2.05) is 43.1 Å². The molecule has 0 aromatic heterocycles. The Balaban J connectivity index is 2.72. The van der Waals surface area contributed by atoms with Crippen LogP contribution in [0.2, 0.25) is 5.02 Å². The summed E-state index contributed by atoms with van der Waals surface area (Å²) in [5.74, 6) is 0.189. The highest BCUT2D eigenvalue weighted by atomic mass is 35.5.